The zero-order valence-electron chi connectivity index (χ0n) is 15.9. The zero-order chi connectivity index (χ0) is 19.8. The number of aromatic hydroxyl groups is 2. The predicted molar refractivity (Wildman–Crippen MR) is 111 cm³/mol. The highest BCUT2D eigenvalue weighted by atomic mass is 32.2. The van der Waals surface area contributed by atoms with Crippen LogP contribution in [0.25, 0.3) is 0 Å². The van der Waals surface area contributed by atoms with Gasteiger partial charge in [0.2, 0.25) is 5.75 Å². The predicted octanol–water partition coefficient (Wildman–Crippen LogP) is 4.55. The Kier molecular flexibility index (Phi) is 4.77. The van der Waals surface area contributed by atoms with Crippen molar-refractivity contribution in [1.29, 1.82) is 0 Å². The molecule has 2 N–H and O–H groups in total. The van der Waals surface area contributed by atoms with Crippen LogP contribution in [-0.2, 0) is 6.54 Å². The average Bonchev–Trinajstić information content (AvgIpc) is 2.99. The van der Waals surface area contributed by atoms with E-state index in [1.807, 2.05) is 36.7 Å². The van der Waals surface area contributed by atoms with Gasteiger partial charge >= 0.3 is 0 Å². The lowest BCUT2D eigenvalue weighted by Gasteiger charge is -2.23. The van der Waals surface area contributed by atoms with Crippen molar-refractivity contribution in [1.82, 2.24) is 9.78 Å². The molecule has 1 atom stereocenters. The van der Waals surface area contributed by atoms with Gasteiger partial charge in [0.05, 0.1) is 29.6 Å². The van der Waals surface area contributed by atoms with Crippen molar-refractivity contribution in [3.8, 4) is 17.2 Å². The Morgan fingerprint density at radius 3 is 2.61 bits per heavy atom. The van der Waals surface area contributed by atoms with Crippen molar-refractivity contribution in [2.45, 2.75) is 25.6 Å². The lowest BCUT2D eigenvalue weighted by Crippen LogP contribution is -2.08. The van der Waals surface area contributed by atoms with Gasteiger partial charge in [-0.3, -0.25) is 0 Å². The Hall–Kier alpha value is -2.93. The quantitative estimate of drug-likeness (QED) is 0.634. The molecule has 0 bridgehead atoms. The average molecular weight is 395 g/mol. The highest BCUT2D eigenvalue weighted by molar-refractivity contribution is 8.14. The second-order valence-electron chi connectivity index (χ2n) is 6.69. The van der Waals surface area contributed by atoms with Gasteiger partial charge in [0, 0.05) is 5.56 Å². The Bertz CT molecular complexity index is 1060. The van der Waals surface area contributed by atoms with Crippen LogP contribution in [0.4, 0.5) is 5.82 Å². The van der Waals surface area contributed by atoms with Crippen LogP contribution in [0.5, 0.6) is 17.2 Å². The summed E-state index contributed by atoms with van der Waals surface area (Å²) in [5.74, 6) is 0.612. The highest BCUT2D eigenvalue weighted by Crippen LogP contribution is 2.49. The number of aliphatic imine (C=N–C) groups is 1. The van der Waals surface area contributed by atoms with E-state index in [0.29, 0.717) is 6.54 Å². The minimum absolute atomic E-state index is 0.0996. The van der Waals surface area contributed by atoms with Crippen LogP contribution < -0.4 is 4.74 Å². The lowest BCUT2D eigenvalue weighted by molar-refractivity contribution is 0.350. The van der Waals surface area contributed by atoms with Gasteiger partial charge in [-0.15, -0.1) is 0 Å². The number of fused-ring (bicyclic) bond motifs is 1. The number of rotatable bonds is 4. The fourth-order valence-corrected chi connectivity index (χ4v) is 4.58. The standard InChI is InChI=1S/C21H21N3O3S/c1-12-18-20(15-9-16(25)19(26)17(10-15)27-3)28-13(2)22-21(18)24(23-12)11-14-7-5-4-6-8-14/h4-10,20,25-26H,11H2,1-3H3/t20-/m1/s1. The number of phenols is 2. The number of methoxy groups -OCH3 is 1. The SMILES string of the molecule is COc1cc([C@H]2SC(C)=Nc3c2c(C)nn3Cc2ccccc2)cc(O)c1O. The number of phenolic OH excluding ortho intramolecular Hbond substituents is 2. The summed E-state index contributed by atoms with van der Waals surface area (Å²) in [5.41, 5.74) is 3.89. The maximum Gasteiger partial charge on any atom is 0.200 e. The molecule has 7 heteroatoms. The number of thioether (sulfide) groups is 1. The molecule has 1 aliphatic rings. The van der Waals surface area contributed by atoms with E-state index in [1.165, 1.54) is 7.11 Å². The van der Waals surface area contributed by atoms with E-state index >= 15 is 0 Å². The fourth-order valence-electron chi connectivity index (χ4n) is 3.44. The van der Waals surface area contributed by atoms with E-state index in [4.69, 9.17) is 14.8 Å². The Balaban J connectivity index is 1.81. The number of nitrogens with zero attached hydrogens (tertiary/aromatic N) is 3. The van der Waals surface area contributed by atoms with Crippen LogP contribution in [0.1, 0.15) is 34.6 Å². The largest absolute Gasteiger partial charge is 0.504 e. The first-order valence-electron chi connectivity index (χ1n) is 8.91. The van der Waals surface area contributed by atoms with E-state index < -0.39 is 0 Å². The summed E-state index contributed by atoms with van der Waals surface area (Å²) >= 11 is 1.60. The molecule has 0 spiro atoms. The summed E-state index contributed by atoms with van der Waals surface area (Å²) in [5, 5.41) is 25.7. The molecule has 28 heavy (non-hydrogen) atoms. The number of hydrogen-bond acceptors (Lipinski definition) is 6. The first-order chi connectivity index (χ1) is 13.5. The molecule has 0 saturated carbocycles. The Labute approximate surface area is 167 Å². The van der Waals surface area contributed by atoms with Crippen molar-refractivity contribution >= 4 is 22.6 Å². The molecule has 1 aliphatic heterocycles. The van der Waals surface area contributed by atoms with E-state index in [2.05, 4.69) is 12.1 Å². The van der Waals surface area contributed by atoms with Gasteiger partial charge < -0.3 is 14.9 Å². The third-order valence-electron chi connectivity index (χ3n) is 4.73. The van der Waals surface area contributed by atoms with Crippen LogP contribution in [0, 0.1) is 6.92 Å². The first kappa shape index (κ1) is 18.4. The minimum Gasteiger partial charge on any atom is -0.504 e. The molecule has 0 radical (unpaired) electrons. The molecule has 4 rings (SSSR count). The van der Waals surface area contributed by atoms with Gasteiger partial charge in [-0.05, 0) is 37.1 Å². The molecule has 6 nitrogen and oxygen atoms in total. The van der Waals surface area contributed by atoms with Crippen LogP contribution in [0.15, 0.2) is 47.5 Å². The number of aromatic nitrogens is 2. The molecule has 0 fully saturated rings. The molecule has 2 aromatic carbocycles. The lowest BCUT2D eigenvalue weighted by atomic mass is 10.0. The molecule has 0 aliphatic carbocycles. The summed E-state index contributed by atoms with van der Waals surface area (Å²) < 4.78 is 7.14. The Morgan fingerprint density at radius 2 is 1.89 bits per heavy atom. The second-order valence-corrected chi connectivity index (χ2v) is 7.98. The zero-order valence-corrected chi connectivity index (χ0v) is 16.7. The molecule has 0 saturated heterocycles. The molecular weight excluding hydrogens is 374 g/mol. The fraction of sp³-hybridized carbons (Fsp3) is 0.238. The molecule has 144 valence electrons. The molecular formula is C21H21N3O3S. The maximum atomic E-state index is 10.1. The Morgan fingerprint density at radius 1 is 1.14 bits per heavy atom. The van der Waals surface area contributed by atoms with E-state index in [0.717, 1.165) is 33.2 Å². The van der Waals surface area contributed by atoms with Crippen LogP contribution >= 0.6 is 11.8 Å². The molecule has 0 unspecified atom stereocenters. The van der Waals surface area contributed by atoms with Gasteiger partial charge in [-0.1, -0.05) is 42.1 Å². The minimum atomic E-state index is -0.255. The maximum absolute atomic E-state index is 10.1. The second kappa shape index (κ2) is 7.24. The van der Waals surface area contributed by atoms with Crippen LogP contribution in [0.3, 0.4) is 0 Å². The third-order valence-corrected chi connectivity index (χ3v) is 5.91. The van der Waals surface area contributed by atoms with Gasteiger partial charge in [0.25, 0.3) is 0 Å². The van der Waals surface area contributed by atoms with E-state index in [-0.39, 0.29) is 22.5 Å². The van der Waals surface area contributed by atoms with Crippen molar-refractivity contribution in [2.75, 3.05) is 7.11 Å². The van der Waals surface area contributed by atoms with E-state index in [1.54, 1.807) is 23.9 Å². The summed E-state index contributed by atoms with van der Waals surface area (Å²) in [4.78, 5) is 4.76. The van der Waals surface area contributed by atoms with Gasteiger partial charge in [-0.25, -0.2) is 9.67 Å². The van der Waals surface area contributed by atoms with Crippen LogP contribution in [0.2, 0.25) is 0 Å². The molecule has 3 aromatic rings. The number of aryl methyl sites for hydroxylation is 1. The summed E-state index contributed by atoms with van der Waals surface area (Å²) in [6, 6.07) is 13.5. The van der Waals surface area contributed by atoms with Crippen molar-refractivity contribution in [2.24, 2.45) is 4.99 Å². The summed E-state index contributed by atoms with van der Waals surface area (Å²) in [6.45, 7) is 4.57. The summed E-state index contributed by atoms with van der Waals surface area (Å²) in [6.07, 6.45) is 0. The van der Waals surface area contributed by atoms with Gasteiger partial charge in [0.1, 0.15) is 0 Å². The smallest absolute Gasteiger partial charge is 0.200 e. The van der Waals surface area contributed by atoms with Crippen LogP contribution in [-0.4, -0.2) is 32.1 Å². The van der Waals surface area contributed by atoms with Crippen molar-refractivity contribution < 1.29 is 14.9 Å². The molecule has 2 heterocycles. The number of ether oxygens (including phenoxy) is 1. The number of hydrogen-bond donors (Lipinski definition) is 2. The normalized spacial score (nSPS) is 15.8. The summed E-state index contributed by atoms with van der Waals surface area (Å²) in [7, 11) is 1.47. The monoisotopic (exact) mass is 395 g/mol. The van der Waals surface area contributed by atoms with Crippen molar-refractivity contribution in [3.05, 3.63) is 64.8 Å². The van der Waals surface area contributed by atoms with Gasteiger partial charge in [0.15, 0.2) is 17.3 Å². The third kappa shape index (κ3) is 3.22. The first-order valence-corrected chi connectivity index (χ1v) is 9.79. The number of benzene rings is 2. The topological polar surface area (TPSA) is 79.9 Å². The van der Waals surface area contributed by atoms with Gasteiger partial charge in [-0.2, -0.15) is 5.10 Å². The van der Waals surface area contributed by atoms with Crippen molar-refractivity contribution in [3.63, 3.8) is 0 Å². The molecule has 1 aromatic heterocycles. The molecule has 0 amide bonds. The highest BCUT2D eigenvalue weighted by Gasteiger charge is 2.31. The van der Waals surface area contributed by atoms with E-state index in [9.17, 15) is 10.2 Å².